The van der Waals surface area contributed by atoms with Crippen molar-refractivity contribution in [2.24, 2.45) is 0 Å². The van der Waals surface area contributed by atoms with Crippen LogP contribution in [-0.2, 0) is 6.18 Å². The second-order valence-electron chi connectivity index (χ2n) is 5.49. The number of alkyl halides is 3. The Balaban J connectivity index is 1.82. The fraction of sp³-hybridized carbons (Fsp3) is 0.294. The van der Waals surface area contributed by atoms with Crippen LogP contribution in [0.5, 0.6) is 0 Å². The number of likely N-dealkylation sites (tertiary alicyclic amines) is 1. The Morgan fingerprint density at radius 1 is 1.13 bits per heavy atom. The van der Waals surface area contributed by atoms with Gasteiger partial charge in [0.2, 0.25) is 0 Å². The van der Waals surface area contributed by atoms with Crippen molar-refractivity contribution in [1.29, 1.82) is 0 Å². The zero-order valence-corrected chi connectivity index (χ0v) is 12.3. The Morgan fingerprint density at radius 3 is 2.48 bits per heavy atom. The summed E-state index contributed by atoms with van der Waals surface area (Å²) in [6, 6.07) is 9.77. The molecule has 120 valence electrons. The number of amides is 1. The van der Waals surface area contributed by atoms with Crippen LogP contribution in [0.1, 0.15) is 40.5 Å². The van der Waals surface area contributed by atoms with Crippen LogP contribution in [0, 0.1) is 0 Å². The molecule has 1 aliphatic heterocycles. The van der Waals surface area contributed by atoms with Crippen molar-refractivity contribution < 1.29 is 18.0 Å². The molecule has 6 heteroatoms. The lowest BCUT2D eigenvalue weighted by atomic mass is 10.1. The second-order valence-corrected chi connectivity index (χ2v) is 5.49. The number of carbonyl (C=O) groups is 1. The Bertz CT molecular complexity index is 683. The van der Waals surface area contributed by atoms with Gasteiger partial charge in [-0.05, 0) is 49.2 Å². The highest BCUT2D eigenvalue weighted by molar-refractivity contribution is 5.94. The van der Waals surface area contributed by atoms with Gasteiger partial charge >= 0.3 is 6.18 Å². The number of hydrogen-bond acceptors (Lipinski definition) is 2. The van der Waals surface area contributed by atoms with Gasteiger partial charge in [-0.25, -0.2) is 0 Å². The van der Waals surface area contributed by atoms with Gasteiger partial charge in [-0.1, -0.05) is 6.07 Å². The number of aromatic nitrogens is 1. The maximum Gasteiger partial charge on any atom is 0.416 e. The lowest BCUT2D eigenvalue weighted by molar-refractivity contribution is -0.137. The molecule has 1 aromatic heterocycles. The van der Waals surface area contributed by atoms with E-state index < -0.39 is 11.7 Å². The molecule has 0 saturated carbocycles. The summed E-state index contributed by atoms with van der Waals surface area (Å²) < 4.78 is 37.8. The maximum atomic E-state index is 12.6. The third kappa shape index (κ3) is 3.21. The van der Waals surface area contributed by atoms with Gasteiger partial charge in [0.25, 0.3) is 5.91 Å². The molecule has 2 heterocycles. The molecule has 3 rings (SSSR count). The van der Waals surface area contributed by atoms with Gasteiger partial charge < -0.3 is 4.90 Å². The highest BCUT2D eigenvalue weighted by Crippen LogP contribution is 2.33. The van der Waals surface area contributed by atoms with Crippen LogP contribution < -0.4 is 0 Å². The minimum absolute atomic E-state index is 0.119. The molecule has 2 aromatic rings. The standard InChI is InChI=1S/C17H15F3N2O/c18-17(19,20)13-8-6-12(7-9-13)16(23)22-11-3-5-15(22)14-4-1-2-10-21-14/h1-2,4,6-10,15H,3,5,11H2. The molecular formula is C17H15F3N2O. The van der Waals surface area contributed by atoms with Gasteiger partial charge in [-0.3, -0.25) is 9.78 Å². The summed E-state index contributed by atoms with van der Waals surface area (Å²) in [7, 11) is 0. The number of halogens is 3. The molecule has 0 aliphatic carbocycles. The van der Waals surface area contributed by atoms with E-state index in [9.17, 15) is 18.0 Å². The van der Waals surface area contributed by atoms with E-state index in [2.05, 4.69) is 4.98 Å². The maximum absolute atomic E-state index is 12.6. The van der Waals surface area contributed by atoms with Crippen molar-refractivity contribution >= 4 is 5.91 Å². The monoisotopic (exact) mass is 320 g/mol. The number of rotatable bonds is 2. The average molecular weight is 320 g/mol. The molecule has 0 spiro atoms. The van der Waals surface area contributed by atoms with Gasteiger partial charge in [0.15, 0.2) is 0 Å². The van der Waals surface area contributed by atoms with E-state index in [-0.39, 0.29) is 17.5 Å². The molecule has 1 atom stereocenters. The summed E-state index contributed by atoms with van der Waals surface area (Å²) in [5.74, 6) is -0.258. The Kier molecular flexibility index (Phi) is 4.07. The average Bonchev–Trinajstić information content (AvgIpc) is 3.04. The molecule has 1 aromatic carbocycles. The number of carbonyl (C=O) groups excluding carboxylic acids is 1. The first-order chi connectivity index (χ1) is 11.0. The highest BCUT2D eigenvalue weighted by atomic mass is 19.4. The van der Waals surface area contributed by atoms with Crippen molar-refractivity contribution in [2.75, 3.05) is 6.54 Å². The minimum atomic E-state index is -4.40. The van der Waals surface area contributed by atoms with Crippen LogP contribution in [0.2, 0.25) is 0 Å². The van der Waals surface area contributed by atoms with Crippen LogP contribution in [-0.4, -0.2) is 22.3 Å². The van der Waals surface area contributed by atoms with Gasteiger partial charge in [-0.2, -0.15) is 13.2 Å². The Labute approximate surface area is 131 Å². The van der Waals surface area contributed by atoms with Crippen molar-refractivity contribution in [3.63, 3.8) is 0 Å². The van der Waals surface area contributed by atoms with E-state index >= 15 is 0 Å². The van der Waals surface area contributed by atoms with Gasteiger partial charge in [0.05, 0.1) is 17.3 Å². The molecule has 1 amide bonds. The molecule has 0 bridgehead atoms. The van der Waals surface area contributed by atoms with Crippen LogP contribution in [0.4, 0.5) is 13.2 Å². The first kappa shape index (κ1) is 15.5. The van der Waals surface area contributed by atoms with Crippen molar-refractivity contribution in [1.82, 2.24) is 9.88 Å². The SMILES string of the molecule is O=C(c1ccc(C(F)(F)F)cc1)N1CCCC1c1ccccn1. The summed E-state index contributed by atoms with van der Waals surface area (Å²) in [6.07, 6.45) is -1.06. The first-order valence-corrected chi connectivity index (χ1v) is 7.36. The molecular weight excluding hydrogens is 305 g/mol. The number of pyridine rings is 1. The zero-order valence-electron chi connectivity index (χ0n) is 12.3. The summed E-state index contributed by atoms with van der Waals surface area (Å²) >= 11 is 0. The quantitative estimate of drug-likeness (QED) is 0.835. The fourth-order valence-corrected chi connectivity index (χ4v) is 2.86. The topological polar surface area (TPSA) is 33.2 Å². The minimum Gasteiger partial charge on any atom is -0.330 e. The van der Waals surface area contributed by atoms with Crippen LogP contribution in [0.3, 0.4) is 0 Å². The molecule has 1 unspecified atom stereocenters. The first-order valence-electron chi connectivity index (χ1n) is 7.36. The Hall–Kier alpha value is -2.37. The Morgan fingerprint density at radius 2 is 1.87 bits per heavy atom. The van der Waals surface area contributed by atoms with E-state index in [1.54, 1.807) is 17.2 Å². The number of hydrogen-bond donors (Lipinski definition) is 0. The fourth-order valence-electron chi connectivity index (χ4n) is 2.86. The third-order valence-electron chi connectivity index (χ3n) is 4.00. The molecule has 3 nitrogen and oxygen atoms in total. The summed E-state index contributed by atoms with van der Waals surface area (Å²) in [5, 5.41) is 0. The smallest absolute Gasteiger partial charge is 0.330 e. The lowest BCUT2D eigenvalue weighted by Gasteiger charge is -2.24. The molecule has 0 radical (unpaired) electrons. The zero-order chi connectivity index (χ0) is 16.4. The van der Waals surface area contributed by atoms with E-state index in [0.29, 0.717) is 6.54 Å². The highest BCUT2D eigenvalue weighted by Gasteiger charge is 2.33. The van der Waals surface area contributed by atoms with Crippen LogP contribution in [0.25, 0.3) is 0 Å². The summed E-state index contributed by atoms with van der Waals surface area (Å²) in [6.45, 7) is 0.584. The van der Waals surface area contributed by atoms with Crippen molar-refractivity contribution in [2.45, 2.75) is 25.1 Å². The van der Waals surface area contributed by atoms with Crippen LogP contribution >= 0.6 is 0 Å². The van der Waals surface area contributed by atoms with Gasteiger partial charge in [-0.15, -0.1) is 0 Å². The summed E-state index contributed by atoms with van der Waals surface area (Å²) in [5.41, 5.74) is 0.322. The predicted molar refractivity (Wildman–Crippen MR) is 78.7 cm³/mol. The van der Waals surface area contributed by atoms with E-state index in [1.165, 1.54) is 12.1 Å². The lowest BCUT2D eigenvalue weighted by Crippen LogP contribution is -2.31. The number of nitrogens with zero attached hydrogens (tertiary/aromatic N) is 2. The number of benzene rings is 1. The second kappa shape index (κ2) is 6.02. The predicted octanol–water partition coefficient (Wildman–Crippen LogP) is 4.08. The van der Waals surface area contributed by atoms with E-state index in [1.807, 2.05) is 12.1 Å². The van der Waals surface area contributed by atoms with E-state index in [4.69, 9.17) is 0 Å². The third-order valence-corrected chi connectivity index (χ3v) is 4.00. The van der Waals surface area contributed by atoms with Crippen molar-refractivity contribution in [3.05, 3.63) is 65.5 Å². The molecule has 1 aliphatic rings. The normalized spacial score (nSPS) is 18.2. The van der Waals surface area contributed by atoms with Crippen molar-refractivity contribution in [3.8, 4) is 0 Å². The molecule has 0 N–H and O–H groups in total. The molecule has 23 heavy (non-hydrogen) atoms. The van der Waals surface area contributed by atoms with Gasteiger partial charge in [0.1, 0.15) is 0 Å². The molecule has 1 fully saturated rings. The van der Waals surface area contributed by atoms with Gasteiger partial charge in [0, 0.05) is 18.3 Å². The largest absolute Gasteiger partial charge is 0.416 e. The van der Waals surface area contributed by atoms with Crippen LogP contribution in [0.15, 0.2) is 48.7 Å². The molecule has 1 saturated heterocycles. The summed E-state index contributed by atoms with van der Waals surface area (Å²) in [4.78, 5) is 18.6. The van der Waals surface area contributed by atoms with E-state index in [0.717, 1.165) is 30.7 Å².